The molecular formula is C9H9NO2S. The summed E-state index contributed by atoms with van der Waals surface area (Å²) in [7, 11) is 0. The maximum absolute atomic E-state index is 10.4. The zero-order valence-corrected chi connectivity index (χ0v) is 7.93. The van der Waals surface area contributed by atoms with Gasteiger partial charge in [-0.05, 0) is 19.1 Å². The summed E-state index contributed by atoms with van der Waals surface area (Å²) in [6, 6.07) is 7.32. The van der Waals surface area contributed by atoms with E-state index in [0.29, 0.717) is 5.56 Å². The van der Waals surface area contributed by atoms with E-state index in [1.807, 2.05) is 19.1 Å². The Bertz CT molecular complexity index is 332. The van der Waals surface area contributed by atoms with Crippen LogP contribution < -0.4 is 5.73 Å². The van der Waals surface area contributed by atoms with Gasteiger partial charge < -0.3 is 10.5 Å². The number of hydrogen-bond donors (Lipinski definition) is 1. The van der Waals surface area contributed by atoms with Gasteiger partial charge in [-0.1, -0.05) is 29.8 Å². The van der Waals surface area contributed by atoms with E-state index in [2.05, 4.69) is 4.74 Å². The predicted molar refractivity (Wildman–Crippen MR) is 53.5 cm³/mol. The summed E-state index contributed by atoms with van der Waals surface area (Å²) < 4.78 is 4.55. The number of thiocarbonyl (C=S) groups is 1. The Labute approximate surface area is 81.5 Å². The third-order valence-corrected chi connectivity index (χ3v) is 1.80. The summed E-state index contributed by atoms with van der Waals surface area (Å²) in [6.07, 6.45) is -0.884. The summed E-state index contributed by atoms with van der Waals surface area (Å²) >= 11 is 4.82. The molecule has 0 radical (unpaired) electrons. The second-order valence-corrected chi connectivity index (χ2v) is 2.95. The van der Waals surface area contributed by atoms with Crippen molar-refractivity contribution in [3.05, 3.63) is 35.4 Å². The average molecular weight is 195 g/mol. The molecule has 0 heterocycles. The van der Waals surface area contributed by atoms with Gasteiger partial charge in [0.1, 0.15) is 0 Å². The molecule has 13 heavy (non-hydrogen) atoms. The maximum atomic E-state index is 10.4. The van der Waals surface area contributed by atoms with E-state index in [0.717, 1.165) is 5.56 Å². The van der Waals surface area contributed by atoms with Crippen molar-refractivity contribution in [2.45, 2.75) is 6.92 Å². The van der Waals surface area contributed by atoms with Crippen molar-refractivity contribution in [2.24, 2.45) is 5.73 Å². The lowest BCUT2D eigenvalue weighted by atomic mass is 10.2. The lowest BCUT2D eigenvalue weighted by molar-refractivity contribution is 0.209. The van der Waals surface area contributed by atoms with E-state index in [1.54, 1.807) is 12.1 Å². The largest absolute Gasteiger partial charge is 0.410 e. The Balaban J connectivity index is 2.78. The standard InChI is InChI=1S/C9H9NO2S/c1-6-2-4-7(5-3-6)8(13)12-9(10)11/h2-5H,1H3,(H2,10,11). The van der Waals surface area contributed by atoms with Gasteiger partial charge in [-0.25, -0.2) is 4.79 Å². The highest BCUT2D eigenvalue weighted by Gasteiger charge is 2.04. The minimum Gasteiger partial charge on any atom is -0.398 e. The maximum Gasteiger partial charge on any atom is 0.410 e. The molecule has 0 atom stereocenters. The van der Waals surface area contributed by atoms with Gasteiger partial charge in [0.2, 0.25) is 5.05 Å². The van der Waals surface area contributed by atoms with Gasteiger partial charge in [0.05, 0.1) is 0 Å². The number of carbonyl (C=O) groups is 1. The highest BCUT2D eigenvalue weighted by molar-refractivity contribution is 7.80. The number of benzene rings is 1. The fourth-order valence-corrected chi connectivity index (χ4v) is 1.06. The van der Waals surface area contributed by atoms with E-state index in [1.165, 1.54) is 0 Å². The summed E-state index contributed by atoms with van der Waals surface area (Å²) in [5.41, 5.74) is 6.61. The van der Waals surface area contributed by atoms with Crippen LogP contribution in [0.5, 0.6) is 0 Å². The van der Waals surface area contributed by atoms with Gasteiger partial charge in [-0.2, -0.15) is 0 Å². The normalized spacial score (nSPS) is 9.31. The molecule has 4 heteroatoms. The second kappa shape index (κ2) is 4.00. The SMILES string of the molecule is Cc1ccc(C(=S)OC(N)=O)cc1. The molecule has 3 nitrogen and oxygen atoms in total. The molecule has 2 N–H and O–H groups in total. The van der Waals surface area contributed by atoms with E-state index in [4.69, 9.17) is 18.0 Å². The quantitative estimate of drug-likeness (QED) is 0.695. The Hall–Kier alpha value is -1.42. The number of aryl methyl sites for hydroxylation is 1. The highest BCUT2D eigenvalue weighted by Crippen LogP contribution is 2.05. The number of amides is 1. The van der Waals surface area contributed by atoms with E-state index < -0.39 is 6.09 Å². The summed E-state index contributed by atoms with van der Waals surface area (Å²) in [6.45, 7) is 1.96. The number of carbonyl (C=O) groups excluding carboxylic acids is 1. The van der Waals surface area contributed by atoms with Crippen molar-refractivity contribution in [3.63, 3.8) is 0 Å². The predicted octanol–water partition coefficient (Wildman–Crippen LogP) is 1.77. The van der Waals surface area contributed by atoms with Gasteiger partial charge in [-0.3, -0.25) is 0 Å². The molecule has 0 bridgehead atoms. The number of nitrogens with two attached hydrogens (primary N) is 1. The molecule has 1 amide bonds. The smallest absolute Gasteiger partial charge is 0.398 e. The topological polar surface area (TPSA) is 52.3 Å². The molecular weight excluding hydrogens is 186 g/mol. The third kappa shape index (κ3) is 2.83. The Morgan fingerprint density at radius 2 is 1.92 bits per heavy atom. The fraction of sp³-hybridized carbons (Fsp3) is 0.111. The zero-order chi connectivity index (χ0) is 9.84. The fourth-order valence-electron chi connectivity index (χ4n) is 0.840. The Kier molecular flexibility index (Phi) is 2.97. The van der Waals surface area contributed by atoms with Crippen LogP contribution in [0.2, 0.25) is 0 Å². The first kappa shape index (κ1) is 9.67. The van der Waals surface area contributed by atoms with Gasteiger partial charge in [-0.15, -0.1) is 0 Å². The summed E-state index contributed by atoms with van der Waals surface area (Å²) in [5, 5.41) is 0.104. The van der Waals surface area contributed by atoms with Gasteiger partial charge in [0.15, 0.2) is 0 Å². The van der Waals surface area contributed by atoms with Crippen LogP contribution in [-0.2, 0) is 4.74 Å². The van der Waals surface area contributed by atoms with Crippen molar-refractivity contribution in [1.29, 1.82) is 0 Å². The summed E-state index contributed by atoms with van der Waals surface area (Å²) in [5.74, 6) is 0. The first-order valence-corrected chi connectivity index (χ1v) is 4.08. The zero-order valence-electron chi connectivity index (χ0n) is 7.11. The first-order valence-electron chi connectivity index (χ1n) is 3.68. The Morgan fingerprint density at radius 3 is 2.38 bits per heavy atom. The van der Waals surface area contributed by atoms with Crippen molar-refractivity contribution in [3.8, 4) is 0 Å². The molecule has 0 saturated heterocycles. The van der Waals surface area contributed by atoms with Gasteiger partial charge in [0.25, 0.3) is 0 Å². The van der Waals surface area contributed by atoms with Crippen LogP contribution in [-0.4, -0.2) is 11.1 Å². The number of rotatable bonds is 1. The van der Waals surface area contributed by atoms with Crippen molar-refractivity contribution >= 4 is 23.4 Å². The number of primary amides is 1. The molecule has 0 spiro atoms. The minimum absolute atomic E-state index is 0.104. The molecule has 1 rings (SSSR count). The van der Waals surface area contributed by atoms with E-state index in [-0.39, 0.29) is 5.05 Å². The second-order valence-electron chi connectivity index (χ2n) is 2.57. The molecule has 0 aliphatic carbocycles. The Morgan fingerprint density at radius 1 is 1.38 bits per heavy atom. The third-order valence-electron chi connectivity index (χ3n) is 1.48. The average Bonchev–Trinajstić information content (AvgIpc) is 2.04. The van der Waals surface area contributed by atoms with Gasteiger partial charge in [0, 0.05) is 5.56 Å². The molecule has 0 aromatic heterocycles. The molecule has 0 saturated carbocycles. The van der Waals surface area contributed by atoms with Crippen LogP contribution in [0, 0.1) is 6.92 Å². The van der Waals surface area contributed by atoms with E-state index >= 15 is 0 Å². The van der Waals surface area contributed by atoms with Crippen LogP contribution in [0.25, 0.3) is 0 Å². The monoisotopic (exact) mass is 195 g/mol. The number of hydrogen-bond acceptors (Lipinski definition) is 3. The molecule has 0 aliphatic heterocycles. The number of ether oxygens (including phenoxy) is 1. The van der Waals surface area contributed by atoms with Crippen LogP contribution in [0.1, 0.15) is 11.1 Å². The van der Waals surface area contributed by atoms with Gasteiger partial charge >= 0.3 is 6.09 Å². The van der Waals surface area contributed by atoms with Crippen LogP contribution in [0.3, 0.4) is 0 Å². The van der Waals surface area contributed by atoms with Crippen LogP contribution in [0.15, 0.2) is 24.3 Å². The van der Waals surface area contributed by atoms with Crippen LogP contribution >= 0.6 is 12.2 Å². The molecule has 1 aromatic carbocycles. The van der Waals surface area contributed by atoms with E-state index in [9.17, 15) is 4.79 Å². The lowest BCUT2D eigenvalue weighted by Crippen LogP contribution is -2.17. The molecule has 0 unspecified atom stereocenters. The molecule has 0 fully saturated rings. The molecule has 1 aromatic rings. The first-order chi connectivity index (χ1) is 6.09. The molecule has 0 aliphatic rings. The van der Waals surface area contributed by atoms with Crippen molar-refractivity contribution < 1.29 is 9.53 Å². The highest BCUT2D eigenvalue weighted by atomic mass is 32.1. The van der Waals surface area contributed by atoms with Crippen LogP contribution in [0.4, 0.5) is 4.79 Å². The van der Waals surface area contributed by atoms with Crippen molar-refractivity contribution in [2.75, 3.05) is 0 Å². The minimum atomic E-state index is -0.884. The van der Waals surface area contributed by atoms with Crippen molar-refractivity contribution in [1.82, 2.24) is 0 Å². The lowest BCUT2D eigenvalue weighted by Gasteiger charge is -2.02. The molecule has 68 valence electrons. The summed E-state index contributed by atoms with van der Waals surface area (Å²) in [4.78, 5) is 10.4.